The SMILES string of the molecule is Cc1c(Nc2nn(C)c(C(=O)N(C)C)c2O)c(=O)c1=O. The second-order valence-corrected chi connectivity index (χ2v) is 4.65. The van der Waals surface area contributed by atoms with Gasteiger partial charge in [-0.25, -0.2) is 0 Å². The molecule has 0 aliphatic heterocycles. The molecule has 0 bridgehead atoms. The van der Waals surface area contributed by atoms with Crippen LogP contribution < -0.4 is 16.2 Å². The van der Waals surface area contributed by atoms with E-state index in [1.54, 1.807) is 14.1 Å². The van der Waals surface area contributed by atoms with E-state index in [9.17, 15) is 19.5 Å². The fraction of sp³-hybridized carbons (Fsp3) is 0.333. The number of carbonyl (C=O) groups excluding carboxylic acids is 1. The zero-order chi connectivity index (χ0) is 15.2. The third kappa shape index (κ3) is 1.85. The Morgan fingerprint density at radius 3 is 2.40 bits per heavy atom. The Kier molecular flexibility index (Phi) is 3.09. The van der Waals surface area contributed by atoms with Crippen molar-refractivity contribution in [2.24, 2.45) is 7.05 Å². The zero-order valence-electron chi connectivity index (χ0n) is 11.5. The highest BCUT2D eigenvalue weighted by Gasteiger charge is 2.25. The van der Waals surface area contributed by atoms with Crippen LogP contribution in [0.5, 0.6) is 5.75 Å². The molecule has 1 aromatic heterocycles. The summed E-state index contributed by atoms with van der Waals surface area (Å²) < 4.78 is 1.21. The molecule has 0 radical (unpaired) electrons. The van der Waals surface area contributed by atoms with Crippen molar-refractivity contribution in [3.8, 4) is 5.75 Å². The molecule has 0 atom stereocenters. The summed E-state index contributed by atoms with van der Waals surface area (Å²) in [5.74, 6) is -0.821. The predicted molar refractivity (Wildman–Crippen MR) is 72.3 cm³/mol. The molecule has 0 saturated carbocycles. The van der Waals surface area contributed by atoms with Gasteiger partial charge < -0.3 is 15.3 Å². The highest BCUT2D eigenvalue weighted by atomic mass is 16.3. The van der Waals surface area contributed by atoms with Gasteiger partial charge in [-0.05, 0) is 6.92 Å². The first-order chi connectivity index (χ1) is 9.25. The lowest BCUT2D eigenvalue weighted by molar-refractivity contribution is 0.0814. The molecule has 8 nitrogen and oxygen atoms in total. The molecule has 0 spiro atoms. The second kappa shape index (κ2) is 4.48. The van der Waals surface area contributed by atoms with Crippen LogP contribution >= 0.6 is 0 Å². The van der Waals surface area contributed by atoms with Gasteiger partial charge in [-0.1, -0.05) is 0 Å². The Balaban J connectivity index is 2.41. The van der Waals surface area contributed by atoms with E-state index in [1.807, 2.05) is 0 Å². The summed E-state index contributed by atoms with van der Waals surface area (Å²) in [7, 11) is 4.59. The van der Waals surface area contributed by atoms with Gasteiger partial charge in [0.25, 0.3) is 5.91 Å². The maximum absolute atomic E-state index is 11.9. The number of anilines is 2. The monoisotopic (exact) mass is 278 g/mol. The maximum Gasteiger partial charge on any atom is 0.275 e. The maximum atomic E-state index is 11.9. The Morgan fingerprint density at radius 2 is 1.90 bits per heavy atom. The molecular weight excluding hydrogens is 264 g/mol. The average Bonchev–Trinajstić information content (AvgIpc) is 2.68. The molecule has 0 saturated heterocycles. The summed E-state index contributed by atoms with van der Waals surface area (Å²) in [4.78, 5) is 35.7. The summed E-state index contributed by atoms with van der Waals surface area (Å²) in [5.41, 5.74) is -0.859. The van der Waals surface area contributed by atoms with Gasteiger partial charge in [-0.3, -0.25) is 19.1 Å². The highest BCUT2D eigenvalue weighted by molar-refractivity contribution is 5.96. The van der Waals surface area contributed by atoms with E-state index in [1.165, 1.54) is 23.6 Å². The van der Waals surface area contributed by atoms with Crippen LogP contribution in [-0.4, -0.2) is 39.8 Å². The van der Waals surface area contributed by atoms with Crippen molar-refractivity contribution in [3.05, 3.63) is 31.7 Å². The smallest absolute Gasteiger partial charge is 0.275 e. The number of hydrogen-bond acceptors (Lipinski definition) is 6. The minimum absolute atomic E-state index is 0.00569. The molecule has 2 aromatic rings. The quantitative estimate of drug-likeness (QED) is 0.732. The van der Waals surface area contributed by atoms with Crippen molar-refractivity contribution >= 4 is 17.4 Å². The van der Waals surface area contributed by atoms with E-state index in [-0.39, 0.29) is 28.5 Å². The molecule has 20 heavy (non-hydrogen) atoms. The van der Waals surface area contributed by atoms with Crippen molar-refractivity contribution in [2.75, 3.05) is 19.4 Å². The number of rotatable bonds is 3. The number of nitrogens with zero attached hydrogens (tertiary/aromatic N) is 3. The van der Waals surface area contributed by atoms with Crippen molar-refractivity contribution < 1.29 is 9.90 Å². The van der Waals surface area contributed by atoms with E-state index in [0.717, 1.165) is 0 Å². The zero-order valence-corrected chi connectivity index (χ0v) is 11.5. The van der Waals surface area contributed by atoms with Gasteiger partial charge in [0.1, 0.15) is 0 Å². The largest absolute Gasteiger partial charge is 0.503 e. The van der Waals surface area contributed by atoms with Gasteiger partial charge in [-0.15, -0.1) is 0 Å². The fourth-order valence-corrected chi connectivity index (χ4v) is 1.82. The lowest BCUT2D eigenvalue weighted by atomic mass is 10.1. The Labute approximate surface area is 113 Å². The summed E-state index contributed by atoms with van der Waals surface area (Å²) in [5, 5.41) is 16.6. The first-order valence-corrected chi connectivity index (χ1v) is 5.80. The van der Waals surface area contributed by atoms with Crippen molar-refractivity contribution in [2.45, 2.75) is 6.92 Å². The van der Waals surface area contributed by atoms with Crippen LogP contribution in [0.3, 0.4) is 0 Å². The number of nitrogens with one attached hydrogen (secondary N) is 1. The summed E-state index contributed by atoms with van der Waals surface area (Å²) >= 11 is 0. The van der Waals surface area contributed by atoms with E-state index >= 15 is 0 Å². The van der Waals surface area contributed by atoms with Crippen LogP contribution in [0.25, 0.3) is 0 Å². The molecule has 1 aromatic carbocycles. The molecule has 106 valence electrons. The molecule has 0 aliphatic rings. The number of carbonyl (C=O) groups is 1. The van der Waals surface area contributed by atoms with Gasteiger partial charge in [0.15, 0.2) is 17.3 Å². The molecular formula is C12H14N4O4. The van der Waals surface area contributed by atoms with E-state index < -0.39 is 16.8 Å². The predicted octanol–water partition coefficient (Wildman–Crippen LogP) is -0.524. The van der Waals surface area contributed by atoms with Crippen LogP contribution in [0.1, 0.15) is 16.1 Å². The van der Waals surface area contributed by atoms with Gasteiger partial charge in [0.2, 0.25) is 10.9 Å². The van der Waals surface area contributed by atoms with Crippen LogP contribution in [0.15, 0.2) is 9.59 Å². The molecule has 0 unspecified atom stereocenters. The van der Waals surface area contributed by atoms with Crippen LogP contribution in [0.2, 0.25) is 0 Å². The lowest BCUT2D eigenvalue weighted by Gasteiger charge is -2.10. The molecule has 1 heterocycles. The number of aromatic nitrogens is 2. The topological polar surface area (TPSA) is 105 Å². The first kappa shape index (κ1) is 13.8. The highest BCUT2D eigenvalue weighted by Crippen LogP contribution is 2.29. The first-order valence-electron chi connectivity index (χ1n) is 5.80. The molecule has 2 rings (SSSR count). The second-order valence-electron chi connectivity index (χ2n) is 4.65. The Bertz CT molecular complexity index is 765. The van der Waals surface area contributed by atoms with Gasteiger partial charge >= 0.3 is 0 Å². The molecule has 0 aliphatic carbocycles. The van der Waals surface area contributed by atoms with E-state index in [4.69, 9.17) is 0 Å². The van der Waals surface area contributed by atoms with Gasteiger partial charge in [-0.2, -0.15) is 5.10 Å². The summed E-state index contributed by atoms with van der Waals surface area (Å²) in [6, 6.07) is 0. The third-order valence-corrected chi connectivity index (χ3v) is 3.02. The normalized spacial score (nSPS) is 10.8. The summed E-state index contributed by atoms with van der Waals surface area (Å²) in [6.45, 7) is 1.50. The van der Waals surface area contributed by atoms with E-state index in [0.29, 0.717) is 0 Å². The number of amides is 1. The Hall–Kier alpha value is -2.64. The minimum atomic E-state index is -0.659. The van der Waals surface area contributed by atoms with Crippen LogP contribution in [0.4, 0.5) is 11.5 Å². The standard InChI is InChI=1S/C12H14N4O4/c1-5-6(9(18)8(5)17)13-11-10(19)7(16(4)14-11)12(20)15(2)3/h19H,1-4H3,(H,13,14). The minimum Gasteiger partial charge on any atom is -0.503 e. The number of aromatic hydroxyl groups is 1. The van der Waals surface area contributed by atoms with Crippen molar-refractivity contribution in [1.29, 1.82) is 0 Å². The Morgan fingerprint density at radius 1 is 1.30 bits per heavy atom. The molecule has 1 amide bonds. The lowest BCUT2D eigenvalue weighted by Crippen LogP contribution is -2.36. The van der Waals surface area contributed by atoms with Crippen molar-refractivity contribution in [3.63, 3.8) is 0 Å². The molecule has 8 heteroatoms. The number of hydrogen-bond donors (Lipinski definition) is 2. The summed E-state index contributed by atoms with van der Waals surface area (Å²) in [6.07, 6.45) is 0. The third-order valence-electron chi connectivity index (χ3n) is 3.02. The van der Waals surface area contributed by atoms with Crippen molar-refractivity contribution in [1.82, 2.24) is 14.7 Å². The van der Waals surface area contributed by atoms with Crippen LogP contribution in [-0.2, 0) is 7.05 Å². The molecule has 0 fully saturated rings. The molecule has 2 N–H and O–H groups in total. The van der Waals surface area contributed by atoms with E-state index in [2.05, 4.69) is 10.4 Å². The van der Waals surface area contributed by atoms with Gasteiger partial charge in [0.05, 0.1) is 5.69 Å². The van der Waals surface area contributed by atoms with Gasteiger partial charge in [0, 0.05) is 26.7 Å². The average molecular weight is 278 g/mol. The van der Waals surface area contributed by atoms with Crippen LogP contribution in [0, 0.1) is 6.92 Å². The fourth-order valence-electron chi connectivity index (χ4n) is 1.82. The number of aryl methyl sites for hydroxylation is 1.